The lowest BCUT2D eigenvalue weighted by Gasteiger charge is -1.83. The summed E-state index contributed by atoms with van der Waals surface area (Å²) in [5.41, 5.74) is 6.18. The number of carboxylic acids is 2. The molecule has 0 aromatic heterocycles. The molecule has 1 rings (SSSR count). The third-order valence-electron chi connectivity index (χ3n) is 1.25. The van der Waals surface area contributed by atoms with Crippen LogP contribution in [0.15, 0.2) is 41.4 Å². The molecule has 86 valence electrons. The van der Waals surface area contributed by atoms with Crippen molar-refractivity contribution in [3.05, 3.63) is 41.4 Å². The second-order valence-corrected chi connectivity index (χ2v) is 2.95. The second kappa shape index (κ2) is 7.30. The van der Waals surface area contributed by atoms with Crippen LogP contribution in [-0.4, -0.2) is 22.2 Å². The highest BCUT2D eigenvalue weighted by Gasteiger charge is 2.03. The minimum absolute atomic E-state index is 0.407. The summed E-state index contributed by atoms with van der Waals surface area (Å²) in [6.45, 7) is 0. The van der Waals surface area contributed by atoms with Crippen molar-refractivity contribution in [2.24, 2.45) is 0 Å². The Hall–Kier alpha value is -2.01. The molecule has 0 spiro atoms. The zero-order valence-electron chi connectivity index (χ0n) is 8.13. The van der Waals surface area contributed by atoms with Gasteiger partial charge in [0.1, 0.15) is 5.03 Å². The standard InChI is InChI=1S/C6H7N.C4H3ClO4/c7-6-4-2-1-3-5-6;5-2(4(8)9)1-3(6)7/h1-5H,7H2;1H,(H,6,7)(H,8,9)/b;2-1+. The number of hydrogen-bond donors (Lipinski definition) is 3. The van der Waals surface area contributed by atoms with Crippen molar-refractivity contribution in [2.45, 2.75) is 0 Å². The number of anilines is 1. The van der Waals surface area contributed by atoms with E-state index in [9.17, 15) is 9.59 Å². The van der Waals surface area contributed by atoms with Crippen molar-refractivity contribution < 1.29 is 19.8 Å². The highest BCUT2D eigenvalue weighted by atomic mass is 35.5. The number of benzene rings is 1. The van der Waals surface area contributed by atoms with Crippen LogP contribution in [-0.2, 0) is 9.59 Å². The summed E-state index contributed by atoms with van der Waals surface area (Å²) in [5, 5.41) is 15.2. The lowest BCUT2D eigenvalue weighted by atomic mass is 10.3. The molecule has 0 fully saturated rings. The molecule has 16 heavy (non-hydrogen) atoms. The minimum atomic E-state index is -1.45. The molecule has 1 aromatic rings. The Bertz CT molecular complexity index is 389. The van der Waals surface area contributed by atoms with E-state index in [4.69, 9.17) is 27.5 Å². The molecule has 0 atom stereocenters. The number of nitrogen functional groups attached to an aromatic ring is 1. The van der Waals surface area contributed by atoms with Crippen molar-refractivity contribution in [3.63, 3.8) is 0 Å². The normalized spacial score (nSPS) is 9.94. The number of carbonyl (C=O) groups is 2. The Labute approximate surface area is 96.8 Å². The number of rotatable bonds is 2. The molecule has 0 amide bonds. The predicted octanol–water partition coefficient (Wildman–Crippen LogP) is 1.55. The van der Waals surface area contributed by atoms with Gasteiger partial charge in [0.15, 0.2) is 0 Å². The van der Waals surface area contributed by atoms with Crippen molar-refractivity contribution in [3.8, 4) is 0 Å². The van der Waals surface area contributed by atoms with Gasteiger partial charge in [0, 0.05) is 11.8 Å². The first kappa shape index (κ1) is 14.0. The minimum Gasteiger partial charge on any atom is -0.478 e. The SMILES string of the molecule is Nc1ccccc1.O=C(O)/C=C(/Cl)C(=O)O. The van der Waals surface area contributed by atoms with Crippen molar-refractivity contribution in [2.75, 3.05) is 5.73 Å². The zero-order valence-corrected chi connectivity index (χ0v) is 8.89. The smallest absolute Gasteiger partial charge is 0.347 e. The number of para-hydroxylation sites is 1. The summed E-state index contributed by atoms with van der Waals surface area (Å²) < 4.78 is 0. The molecule has 0 aliphatic carbocycles. The maximum absolute atomic E-state index is 9.77. The van der Waals surface area contributed by atoms with E-state index in [1.807, 2.05) is 30.3 Å². The monoisotopic (exact) mass is 243 g/mol. The van der Waals surface area contributed by atoms with Crippen LogP contribution in [0.4, 0.5) is 5.69 Å². The van der Waals surface area contributed by atoms with Gasteiger partial charge in [0.2, 0.25) is 0 Å². The quantitative estimate of drug-likeness (QED) is 0.540. The zero-order chi connectivity index (χ0) is 12.6. The van der Waals surface area contributed by atoms with Gasteiger partial charge in [0.05, 0.1) is 0 Å². The van der Waals surface area contributed by atoms with E-state index >= 15 is 0 Å². The van der Waals surface area contributed by atoms with Gasteiger partial charge in [-0.2, -0.15) is 0 Å². The second-order valence-electron chi connectivity index (χ2n) is 2.55. The van der Waals surface area contributed by atoms with E-state index in [0.29, 0.717) is 6.08 Å². The predicted molar refractivity (Wildman–Crippen MR) is 60.1 cm³/mol. The number of aliphatic carboxylic acids is 2. The lowest BCUT2D eigenvalue weighted by Crippen LogP contribution is -1.97. The number of hydrogen-bond acceptors (Lipinski definition) is 3. The number of carboxylic acid groups (broad SMARTS) is 2. The average Bonchev–Trinajstić information content (AvgIpc) is 2.18. The molecule has 0 unspecified atom stereocenters. The van der Waals surface area contributed by atoms with Crippen LogP contribution in [0.3, 0.4) is 0 Å². The van der Waals surface area contributed by atoms with E-state index in [1.54, 1.807) is 0 Å². The van der Waals surface area contributed by atoms with Crippen LogP contribution in [0.25, 0.3) is 0 Å². The first-order valence-corrected chi connectivity index (χ1v) is 4.45. The maximum Gasteiger partial charge on any atom is 0.347 e. The molecule has 1 aromatic carbocycles. The molecule has 6 heteroatoms. The van der Waals surface area contributed by atoms with E-state index in [2.05, 4.69) is 0 Å². The first-order chi connectivity index (χ1) is 7.43. The average molecular weight is 244 g/mol. The van der Waals surface area contributed by atoms with Crippen LogP contribution < -0.4 is 5.73 Å². The largest absolute Gasteiger partial charge is 0.478 e. The maximum atomic E-state index is 9.77. The molecular weight excluding hydrogens is 234 g/mol. The van der Waals surface area contributed by atoms with Crippen LogP contribution in [0.5, 0.6) is 0 Å². The highest BCUT2D eigenvalue weighted by Crippen LogP contribution is 1.99. The molecule has 0 heterocycles. The molecule has 0 aliphatic rings. The van der Waals surface area contributed by atoms with Crippen molar-refractivity contribution in [1.82, 2.24) is 0 Å². The van der Waals surface area contributed by atoms with E-state index in [1.165, 1.54) is 0 Å². The number of halogens is 1. The summed E-state index contributed by atoms with van der Waals surface area (Å²) in [6, 6.07) is 9.49. The van der Waals surface area contributed by atoms with Gasteiger partial charge in [-0.25, -0.2) is 9.59 Å². The summed E-state index contributed by atoms with van der Waals surface area (Å²) >= 11 is 4.89. The molecule has 5 nitrogen and oxygen atoms in total. The van der Waals surface area contributed by atoms with Crippen molar-refractivity contribution >= 4 is 29.2 Å². The van der Waals surface area contributed by atoms with Gasteiger partial charge in [-0.1, -0.05) is 29.8 Å². The summed E-state index contributed by atoms with van der Waals surface area (Å²) in [7, 11) is 0. The van der Waals surface area contributed by atoms with Gasteiger partial charge in [-0.05, 0) is 12.1 Å². The van der Waals surface area contributed by atoms with Crippen LogP contribution in [0, 0.1) is 0 Å². The summed E-state index contributed by atoms with van der Waals surface area (Å²) in [5.74, 6) is -2.82. The Morgan fingerprint density at radius 3 is 1.88 bits per heavy atom. The molecule has 4 N–H and O–H groups in total. The van der Waals surface area contributed by atoms with Gasteiger partial charge in [-0.15, -0.1) is 0 Å². The fraction of sp³-hybridized carbons (Fsp3) is 0. The molecule has 0 bridgehead atoms. The Balaban J connectivity index is 0.000000288. The summed E-state index contributed by atoms with van der Waals surface area (Å²) in [6.07, 6.45) is 0.407. The Morgan fingerprint density at radius 2 is 1.69 bits per heavy atom. The van der Waals surface area contributed by atoms with Crippen molar-refractivity contribution in [1.29, 1.82) is 0 Å². The third-order valence-corrected chi connectivity index (χ3v) is 1.52. The number of nitrogens with two attached hydrogens (primary N) is 1. The van der Waals surface area contributed by atoms with E-state index in [0.717, 1.165) is 5.69 Å². The van der Waals surface area contributed by atoms with Gasteiger partial charge >= 0.3 is 11.9 Å². The van der Waals surface area contributed by atoms with Gasteiger partial charge in [0.25, 0.3) is 0 Å². The third kappa shape index (κ3) is 7.40. The van der Waals surface area contributed by atoms with Crippen LogP contribution in [0.2, 0.25) is 0 Å². The Kier molecular flexibility index (Phi) is 6.39. The molecule has 0 radical (unpaired) electrons. The molecule has 0 saturated heterocycles. The van der Waals surface area contributed by atoms with Gasteiger partial charge in [-0.3, -0.25) is 0 Å². The fourth-order valence-electron chi connectivity index (χ4n) is 0.623. The Morgan fingerprint density at radius 1 is 1.19 bits per heavy atom. The van der Waals surface area contributed by atoms with Gasteiger partial charge < -0.3 is 15.9 Å². The lowest BCUT2D eigenvalue weighted by molar-refractivity contribution is -0.134. The van der Waals surface area contributed by atoms with E-state index < -0.39 is 17.0 Å². The molecule has 0 saturated carbocycles. The van der Waals surface area contributed by atoms with Crippen LogP contribution >= 0.6 is 11.6 Å². The molecular formula is C10H10ClNO4. The fourth-order valence-corrected chi connectivity index (χ4v) is 0.717. The summed E-state index contributed by atoms with van der Waals surface area (Å²) in [4.78, 5) is 19.5. The van der Waals surface area contributed by atoms with Crippen LogP contribution in [0.1, 0.15) is 0 Å². The molecule has 0 aliphatic heterocycles. The first-order valence-electron chi connectivity index (χ1n) is 4.07. The highest BCUT2D eigenvalue weighted by molar-refractivity contribution is 6.42. The topological polar surface area (TPSA) is 101 Å². The van der Waals surface area contributed by atoms with E-state index in [-0.39, 0.29) is 0 Å².